The second-order valence-corrected chi connectivity index (χ2v) is 10.9. The van der Waals surface area contributed by atoms with Crippen molar-refractivity contribution < 1.29 is 23.8 Å². The Kier molecular flexibility index (Phi) is 11.9. The predicted molar refractivity (Wildman–Crippen MR) is 166 cm³/mol. The second-order valence-electron chi connectivity index (χ2n) is 10.4. The number of hydrogen-bond acceptors (Lipinski definition) is 7. The molecule has 1 unspecified atom stereocenters. The van der Waals surface area contributed by atoms with Crippen molar-refractivity contribution in [2.45, 2.75) is 51.9 Å². The maximum atomic E-state index is 12.0. The van der Waals surface area contributed by atoms with Crippen molar-refractivity contribution in [3.63, 3.8) is 0 Å². The molecular formula is C31H38ClN5O5. The second kappa shape index (κ2) is 15.5. The minimum absolute atomic E-state index is 0.287. The monoisotopic (exact) mass is 595 g/mol. The summed E-state index contributed by atoms with van der Waals surface area (Å²) in [5, 5.41) is 8.98. The summed E-state index contributed by atoms with van der Waals surface area (Å²) >= 11 is 6.20. The van der Waals surface area contributed by atoms with Gasteiger partial charge >= 0.3 is 6.09 Å². The topological polar surface area (TPSA) is 136 Å². The van der Waals surface area contributed by atoms with Gasteiger partial charge < -0.3 is 30.6 Å². The summed E-state index contributed by atoms with van der Waals surface area (Å²) in [6.45, 7) is 6.20. The zero-order chi connectivity index (χ0) is 30.5. The molecule has 0 aliphatic rings. The number of alkyl carbamates (subject to hydrolysis) is 1. The van der Waals surface area contributed by atoms with Gasteiger partial charge in [0, 0.05) is 43.2 Å². The molecule has 11 heteroatoms. The van der Waals surface area contributed by atoms with Crippen LogP contribution in [0, 0.1) is 0 Å². The molecule has 0 fully saturated rings. The highest BCUT2D eigenvalue weighted by Crippen LogP contribution is 2.29. The smallest absolute Gasteiger partial charge is 0.414 e. The van der Waals surface area contributed by atoms with Crippen LogP contribution in [-0.4, -0.2) is 43.8 Å². The highest BCUT2D eigenvalue weighted by Gasteiger charge is 2.18. The largest absolute Gasteiger partial charge is 0.493 e. The van der Waals surface area contributed by atoms with Crippen molar-refractivity contribution >= 4 is 41.4 Å². The molecule has 3 aromatic carbocycles. The molecule has 0 aliphatic heterocycles. The molecule has 0 bridgehead atoms. The number of anilines is 2. The van der Waals surface area contributed by atoms with Crippen LogP contribution in [0.4, 0.5) is 16.2 Å². The molecule has 3 rings (SSSR count). The molecule has 3 aromatic rings. The van der Waals surface area contributed by atoms with E-state index in [-0.39, 0.29) is 6.10 Å². The van der Waals surface area contributed by atoms with Crippen LogP contribution in [0.3, 0.4) is 0 Å². The van der Waals surface area contributed by atoms with Crippen LogP contribution in [0.2, 0.25) is 5.02 Å². The molecule has 0 saturated carbocycles. The van der Waals surface area contributed by atoms with Gasteiger partial charge in [-0.25, -0.2) is 4.79 Å². The number of guanidine groups is 1. The Morgan fingerprint density at radius 1 is 1.07 bits per heavy atom. The normalized spacial score (nSPS) is 12.2. The van der Waals surface area contributed by atoms with Crippen molar-refractivity contribution in [3.05, 3.63) is 82.9 Å². The molecule has 0 heterocycles. The number of aliphatic imine (C=N–C) groups is 1. The summed E-state index contributed by atoms with van der Waals surface area (Å²) in [5.74, 6) is 1.48. The van der Waals surface area contributed by atoms with E-state index in [1.807, 2.05) is 48.5 Å². The zero-order valence-corrected chi connectivity index (χ0v) is 25.0. The molecule has 224 valence electrons. The zero-order valence-electron chi connectivity index (χ0n) is 24.3. The van der Waals surface area contributed by atoms with E-state index in [1.165, 1.54) is 0 Å². The Labute approximate surface area is 251 Å². The van der Waals surface area contributed by atoms with Crippen LogP contribution in [-0.2, 0) is 22.5 Å². The lowest BCUT2D eigenvalue weighted by Gasteiger charge is -2.22. The van der Waals surface area contributed by atoms with Crippen molar-refractivity contribution in [3.8, 4) is 11.5 Å². The van der Waals surface area contributed by atoms with Crippen LogP contribution < -0.4 is 31.2 Å². The van der Waals surface area contributed by atoms with Crippen LogP contribution in [0.15, 0.2) is 71.7 Å². The number of halogens is 1. The Bertz CT molecular complexity index is 1360. The number of nitrogens with one attached hydrogen (secondary N) is 3. The molecule has 5 N–H and O–H groups in total. The Balaban J connectivity index is 1.58. The summed E-state index contributed by atoms with van der Waals surface area (Å²) in [6.07, 6.45) is 0.856. The SMILES string of the molecule is CN=C(NCc1ccc(OCCC(Cc2cccc(Cl)c2)Oc2cc(N)ccc2NC=O)cc1)NC(=O)OC(C)(C)C. The molecule has 0 saturated heterocycles. The number of nitrogens with zero attached hydrogens (tertiary/aromatic N) is 1. The lowest BCUT2D eigenvalue weighted by atomic mass is 10.1. The van der Waals surface area contributed by atoms with E-state index >= 15 is 0 Å². The average Bonchev–Trinajstić information content (AvgIpc) is 2.92. The fourth-order valence-corrected chi connectivity index (χ4v) is 4.12. The van der Waals surface area contributed by atoms with Gasteiger partial charge in [-0.1, -0.05) is 35.9 Å². The molecule has 1 atom stereocenters. The van der Waals surface area contributed by atoms with Crippen molar-refractivity contribution in [1.82, 2.24) is 10.6 Å². The summed E-state index contributed by atoms with van der Waals surface area (Å²) < 4.78 is 17.6. The molecule has 10 nitrogen and oxygen atoms in total. The fourth-order valence-electron chi connectivity index (χ4n) is 3.91. The summed E-state index contributed by atoms with van der Waals surface area (Å²) in [5.41, 5.74) is 8.39. The minimum Gasteiger partial charge on any atom is -0.493 e. The molecule has 0 aliphatic carbocycles. The van der Waals surface area contributed by atoms with Crippen LogP contribution in [0.25, 0.3) is 0 Å². The maximum absolute atomic E-state index is 12.0. The lowest BCUT2D eigenvalue weighted by molar-refractivity contribution is -0.105. The number of nitrogen functional groups attached to an aromatic ring is 1. The Hall–Kier alpha value is -4.44. The first-order chi connectivity index (χ1) is 20.0. The van der Waals surface area contributed by atoms with Crippen LogP contribution in [0.1, 0.15) is 38.3 Å². The van der Waals surface area contributed by atoms with Gasteiger partial charge in [0.1, 0.15) is 23.2 Å². The van der Waals surface area contributed by atoms with Crippen molar-refractivity contribution in [1.29, 1.82) is 0 Å². The number of ether oxygens (including phenoxy) is 3. The minimum atomic E-state index is -0.605. The third-order valence-corrected chi connectivity index (χ3v) is 6.04. The highest BCUT2D eigenvalue weighted by atomic mass is 35.5. The molecule has 0 spiro atoms. The van der Waals surface area contributed by atoms with Gasteiger partial charge in [-0.05, 0) is 68.3 Å². The number of hydrogen-bond donors (Lipinski definition) is 4. The first-order valence-electron chi connectivity index (χ1n) is 13.5. The van der Waals surface area contributed by atoms with E-state index in [0.29, 0.717) is 66.3 Å². The lowest BCUT2D eigenvalue weighted by Crippen LogP contribution is -2.43. The molecule has 42 heavy (non-hydrogen) atoms. The van der Waals surface area contributed by atoms with Gasteiger partial charge in [0.2, 0.25) is 12.4 Å². The highest BCUT2D eigenvalue weighted by molar-refractivity contribution is 6.30. The van der Waals surface area contributed by atoms with Gasteiger partial charge in [0.15, 0.2) is 0 Å². The summed E-state index contributed by atoms with van der Waals surface area (Å²) in [7, 11) is 1.58. The molecule has 0 radical (unpaired) electrons. The van der Waals surface area contributed by atoms with Gasteiger partial charge in [0.05, 0.1) is 12.3 Å². The number of carbonyl (C=O) groups is 2. The van der Waals surface area contributed by atoms with E-state index in [1.54, 1.807) is 46.0 Å². The third-order valence-electron chi connectivity index (χ3n) is 5.80. The number of carbonyl (C=O) groups excluding carboxylic acids is 2. The molecule has 0 aromatic heterocycles. The number of nitrogens with two attached hydrogens (primary N) is 1. The van der Waals surface area contributed by atoms with Crippen LogP contribution >= 0.6 is 11.6 Å². The molecule has 2 amide bonds. The number of amides is 2. The van der Waals surface area contributed by atoms with E-state index in [2.05, 4.69) is 20.9 Å². The Morgan fingerprint density at radius 2 is 1.83 bits per heavy atom. The standard InChI is InChI=1S/C31H38ClN5O5/c1-31(2,3)42-30(39)37-29(34-4)35-19-21-8-11-25(12-9-21)40-15-14-26(17-22-6-5-7-23(32)16-22)41-28-18-24(33)10-13-27(28)36-20-38/h5-13,16,18,20,26H,14-15,17,19,33H2,1-4H3,(H,36,38)(H2,34,35,37,39). The summed E-state index contributed by atoms with van der Waals surface area (Å²) in [4.78, 5) is 27.2. The third kappa shape index (κ3) is 11.2. The summed E-state index contributed by atoms with van der Waals surface area (Å²) in [6, 6.07) is 20.3. The van der Waals surface area contributed by atoms with Gasteiger partial charge in [0.25, 0.3) is 0 Å². The fraction of sp³-hybridized carbons (Fsp3) is 0.323. The van der Waals surface area contributed by atoms with Gasteiger partial charge in [-0.2, -0.15) is 0 Å². The maximum Gasteiger partial charge on any atom is 0.414 e. The quantitative estimate of drug-likeness (QED) is 0.0932. The van der Waals surface area contributed by atoms with Crippen LogP contribution in [0.5, 0.6) is 11.5 Å². The van der Waals surface area contributed by atoms with E-state index in [4.69, 9.17) is 31.5 Å². The van der Waals surface area contributed by atoms with E-state index in [9.17, 15) is 9.59 Å². The molecular weight excluding hydrogens is 558 g/mol. The number of benzene rings is 3. The van der Waals surface area contributed by atoms with Crippen molar-refractivity contribution in [2.75, 3.05) is 24.7 Å². The van der Waals surface area contributed by atoms with Crippen molar-refractivity contribution in [2.24, 2.45) is 4.99 Å². The first-order valence-corrected chi connectivity index (χ1v) is 13.9. The number of rotatable bonds is 12. The van der Waals surface area contributed by atoms with E-state index < -0.39 is 11.7 Å². The van der Waals surface area contributed by atoms with Gasteiger partial charge in [-0.15, -0.1) is 0 Å². The first kappa shape index (κ1) is 32.1. The van der Waals surface area contributed by atoms with Gasteiger partial charge in [-0.3, -0.25) is 15.1 Å². The average molecular weight is 596 g/mol. The Morgan fingerprint density at radius 3 is 2.50 bits per heavy atom. The van der Waals surface area contributed by atoms with E-state index in [0.717, 1.165) is 11.1 Å². The predicted octanol–water partition coefficient (Wildman–Crippen LogP) is 5.55.